The van der Waals surface area contributed by atoms with E-state index in [9.17, 15) is 4.79 Å². The molecular weight excluding hydrogens is 560 g/mol. The summed E-state index contributed by atoms with van der Waals surface area (Å²) < 4.78 is 23.9. The Morgan fingerprint density at radius 3 is 2.41 bits per heavy atom. The third-order valence-electron chi connectivity index (χ3n) is 7.23. The highest BCUT2D eigenvalue weighted by Crippen LogP contribution is 2.37. The number of fused-ring (bicyclic) bond motifs is 3. The molecule has 2 N–H and O–H groups in total. The van der Waals surface area contributed by atoms with Gasteiger partial charge in [0.05, 0.1) is 50.0 Å². The van der Waals surface area contributed by atoms with Crippen LogP contribution in [-0.2, 0) is 7.05 Å². The van der Waals surface area contributed by atoms with E-state index in [1.165, 1.54) is 6.21 Å². The van der Waals surface area contributed by atoms with Crippen molar-refractivity contribution in [2.75, 3.05) is 21.3 Å². The summed E-state index contributed by atoms with van der Waals surface area (Å²) in [6, 6.07) is 22.4. The number of pyridine rings is 1. The molecule has 11 heteroatoms. The number of aryl methyl sites for hydroxylation is 2. The number of hydrogen-bond donors (Lipinski definition) is 2. The lowest BCUT2D eigenvalue weighted by molar-refractivity contribution is 0.0950. The second-order valence-electron chi connectivity index (χ2n) is 9.92. The van der Waals surface area contributed by atoms with Crippen LogP contribution in [0.4, 0.5) is 0 Å². The maximum Gasteiger partial charge on any atom is 0.289 e. The first-order valence-corrected chi connectivity index (χ1v) is 13.7. The van der Waals surface area contributed by atoms with Gasteiger partial charge in [0.25, 0.3) is 5.91 Å². The largest absolute Gasteiger partial charge is 0.497 e. The number of carbonyl (C=O) groups is 1. The molecule has 0 saturated carbocycles. The molecule has 3 aromatic carbocycles. The number of nitrogens with one attached hydrogen (secondary N) is 2. The maximum absolute atomic E-state index is 13.5. The molecule has 222 valence electrons. The highest BCUT2D eigenvalue weighted by Gasteiger charge is 2.19. The average Bonchev–Trinajstić information content (AvgIpc) is 3.56. The summed E-state index contributed by atoms with van der Waals surface area (Å²) in [6.07, 6.45) is 1.51. The number of H-pyrrole nitrogens is 1. The monoisotopic (exact) mass is 590 g/mol. The van der Waals surface area contributed by atoms with Crippen LogP contribution in [-0.4, -0.2) is 53.2 Å². The van der Waals surface area contributed by atoms with E-state index in [4.69, 9.17) is 23.9 Å². The number of aromatic nitrogens is 4. The van der Waals surface area contributed by atoms with Gasteiger partial charge < -0.3 is 23.9 Å². The Hall–Kier alpha value is -5.84. The highest BCUT2D eigenvalue weighted by molar-refractivity contribution is 6.13. The van der Waals surface area contributed by atoms with Crippen molar-refractivity contribution in [1.82, 2.24) is 25.2 Å². The van der Waals surface area contributed by atoms with Gasteiger partial charge in [0.1, 0.15) is 17.2 Å². The van der Waals surface area contributed by atoms with E-state index in [1.807, 2.05) is 49.4 Å². The van der Waals surface area contributed by atoms with Crippen molar-refractivity contribution in [1.29, 1.82) is 0 Å². The first-order chi connectivity index (χ1) is 21.4. The molecule has 3 heterocycles. The SMILES string of the molecule is COc1ccc(Oc2c(/C=N/NC(=O)c3cc4c([nH]c5ccccc54)c(-c4ccc(OC)c(OC)c4)n3)c(C)nn2C)cc1. The quantitative estimate of drug-likeness (QED) is 0.156. The summed E-state index contributed by atoms with van der Waals surface area (Å²) in [7, 11) is 6.54. The van der Waals surface area contributed by atoms with Crippen LogP contribution in [0.15, 0.2) is 77.9 Å². The van der Waals surface area contributed by atoms with Crippen LogP contribution in [0.3, 0.4) is 0 Å². The Kier molecular flexibility index (Phi) is 7.59. The fourth-order valence-corrected chi connectivity index (χ4v) is 5.05. The van der Waals surface area contributed by atoms with Crippen LogP contribution in [0, 0.1) is 6.92 Å². The molecule has 6 rings (SSSR count). The fraction of sp³-hybridized carbons (Fsp3) is 0.152. The summed E-state index contributed by atoms with van der Waals surface area (Å²) >= 11 is 0. The predicted molar refractivity (Wildman–Crippen MR) is 168 cm³/mol. The second kappa shape index (κ2) is 11.8. The van der Waals surface area contributed by atoms with Gasteiger partial charge in [-0.15, -0.1) is 0 Å². The molecule has 44 heavy (non-hydrogen) atoms. The Labute approximate surface area is 253 Å². The van der Waals surface area contributed by atoms with Crippen molar-refractivity contribution < 1.29 is 23.7 Å². The number of nitrogens with zero attached hydrogens (tertiary/aromatic N) is 4. The molecule has 0 atom stereocenters. The van der Waals surface area contributed by atoms with Crippen LogP contribution in [0.5, 0.6) is 28.9 Å². The summed E-state index contributed by atoms with van der Waals surface area (Å²) in [5.41, 5.74) is 7.19. The molecule has 0 aliphatic rings. The number of hydrazone groups is 1. The predicted octanol–water partition coefficient (Wildman–Crippen LogP) is 6.01. The smallest absolute Gasteiger partial charge is 0.289 e. The van der Waals surface area contributed by atoms with Crippen LogP contribution in [0.25, 0.3) is 33.1 Å². The topological polar surface area (TPSA) is 125 Å². The highest BCUT2D eigenvalue weighted by atomic mass is 16.5. The first kappa shape index (κ1) is 28.3. The molecular formula is C33H30N6O5. The van der Waals surface area contributed by atoms with Gasteiger partial charge >= 0.3 is 0 Å². The Balaban J connectivity index is 1.34. The van der Waals surface area contributed by atoms with Gasteiger partial charge in [-0.1, -0.05) is 18.2 Å². The van der Waals surface area contributed by atoms with Gasteiger partial charge in [0.15, 0.2) is 11.5 Å². The molecule has 6 aromatic rings. The second-order valence-corrected chi connectivity index (χ2v) is 9.92. The van der Waals surface area contributed by atoms with E-state index >= 15 is 0 Å². The van der Waals surface area contributed by atoms with Gasteiger partial charge in [0, 0.05) is 28.9 Å². The number of rotatable bonds is 9. The number of aromatic amines is 1. The van der Waals surface area contributed by atoms with E-state index in [0.717, 1.165) is 33.1 Å². The first-order valence-electron chi connectivity index (χ1n) is 13.7. The Bertz CT molecular complexity index is 2030. The van der Waals surface area contributed by atoms with E-state index in [1.54, 1.807) is 63.4 Å². The molecule has 0 radical (unpaired) electrons. The molecule has 0 spiro atoms. The number of ether oxygens (including phenoxy) is 4. The van der Waals surface area contributed by atoms with Crippen LogP contribution >= 0.6 is 0 Å². The molecule has 3 aromatic heterocycles. The normalized spacial score (nSPS) is 11.3. The number of benzene rings is 3. The van der Waals surface area contributed by atoms with Crippen LogP contribution in [0.2, 0.25) is 0 Å². The van der Waals surface area contributed by atoms with Gasteiger partial charge in [-0.05, 0) is 61.5 Å². The maximum atomic E-state index is 13.5. The molecule has 0 fully saturated rings. The van der Waals surface area contributed by atoms with Crippen molar-refractivity contribution in [2.24, 2.45) is 12.1 Å². The van der Waals surface area contributed by atoms with Crippen molar-refractivity contribution in [3.05, 3.63) is 89.7 Å². The minimum atomic E-state index is -0.477. The Morgan fingerprint density at radius 1 is 0.909 bits per heavy atom. The van der Waals surface area contributed by atoms with E-state index < -0.39 is 5.91 Å². The number of carbonyl (C=O) groups excluding carboxylic acids is 1. The number of amides is 1. The van der Waals surface area contributed by atoms with Crippen molar-refractivity contribution in [3.63, 3.8) is 0 Å². The third kappa shape index (κ3) is 5.26. The van der Waals surface area contributed by atoms with Gasteiger partial charge in [-0.3, -0.25) is 4.79 Å². The van der Waals surface area contributed by atoms with Crippen molar-refractivity contribution in [3.8, 4) is 40.1 Å². The van der Waals surface area contributed by atoms with E-state index in [2.05, 4.69) is 20.6 Å². The summed E-state index contributed by atoms with van der Waals surface area (Å²) in [5, 5.41) is 10.5. The molecule has 0 unspecified atom stereocenters. The summed E-state index contributed by atoms with van der Waals surface area (Å²) in [5.74, 6) is 2.46. The lowest BCUT2D eigenvalue weighted by atomic mass is 10.1. The van der Waals surface area contributed by atoms with Crippen molar-refractivity contribution in [2.45, 2.75) is 6.92 Å². The third-order valence-corrected chi connectivity index (χ3v) is 7.23. The lowest BCUT2D eigenvalue weighted by Gasteiger charge is -2.11. The van der Waals surface area contributed by atoms with Crippen LogP contribution < -0.4 is 24.4 Å². The fourth-order valence-electron chi connectivity index (χ4n) is 5.05. The number of hydrogen-bond acceptors (Lipinski definition) is 8. The molecule has 0 saturated heterocycles. The average molecular weight is 591 g/mol. The molecule has 0 aliphatic heterocycles. The number of methoxy groups -OCH3 is 3. The minimum Gasteiger partial charge on any atom is -0.497 e. The summed E-state index contributed by atoms with van der Waals surface area (Å²) in [6.45, 7) is 1.84. The molecule has 1 amide bonds. The van der Waals surface area contributed by atoms with Crippen molar-refractivity contribution >= 4 is 33.9 Å². The minimum absolute atomic E-state index is 0.196. The zero-order chi connectivity index (χ0) is 30.8. The van der Waals surface area contributed by atoms with E-state index in [0.29, 0.717) is 40.1 Å². The standard InChI is InChI=1S/C33H30N6O5/c1-19-25(33(39(2)38-19)44-22-13-11-21(41-3)12-14-22)18-34-37-32(40)27-17-24-23-8-6-7-9-26(23)35-31(24)30(36-27)20-10-15-28(42-4)29(16-20)43-5/h6-18,35H,1-5H3,(H,37,40)/b34-18+. The molecule has 0 bridgehead atoms. The van der Waals surface area contributed by atoms with Gasteiger partial charge in [-0.25, -0.2) is 15.1 Å². The van der Waals surface area contributed by atoms with E-state index in [-0.39, 0.29) is 5.69 Å². The summed E-state index contributed by atoms with van der Waals surface area (Å²) in [4.78, 5) is 21.7. The number of para-hydroxylation sites is 1. The van der Waals surface area contributed by atoms with Gasteiger partial charge in [0.2, 0.25) is 5.88 Å². The molecule has 0 aliphatic carbocycles. The zero-order valence-electron chi connectivity index (χ0n) is 24.8. The van der Waals surface area contributed by atoms with Crippen LogP contribution in [0.1, 0.15) is 21.7 Å². The van der Waals surface area contributed by atoms with Gasteiger partial charge in [-0.2, -0.15) is 10.2 Å². The Morgan fingerprint density at radius 2 is 1.66 bits per heavy atom. The lowest BCUT2D eigenvalue weighted by Crippen LogP contribution is -2.19. The molecule has 11 nitrogen and oxygen atoms in total. The zero-order valence-corrected chi connectivity index (χ0v) is 24.8.